The lowest BCUT2D eigenvalue weighted by Crippen LogP contribution is -2.50. The summed E-state index contributed by atoms with van der Waals surface area (Å²) in [7, 11) is 0. The Labute approximate surface area is 88.4 Å². The van der Waals surface area contributed by atoms with Crippen molar-refractivity contribution in [2.75, 3.05) is 6.54 Å². The number of hydrogen-bond acceptors (Lipinski definition) is 3. The molecule has 1 aliphatic carbocycles. The number of H-pyrrole nitrogens is 1. The Kier molecular flexibility index (Phi) is 2.73. The first-order chi connectivity index (χ1) is 7.27. The van der Waals surface area contributed by atoms with Crippen molar-refractivity contribution in [3.63, 3.8) is 0 Å². The van der Waals surface area contributed by atoms with Crippen LogP contribution in [0.1, 0.15) is 25.0 Å². The summed E-state index contributed by atoms with van der Waals surface area (Å²) in [5.41, 5.74) is 6.26. The van der Waals surface area contributed by atoms with E-state index in [4.69, 9.17) is 5.73 Å². The van der Waals surface area contributed by atoms with Crippen LogP contribution >= 0.6 is 0 Å². The maximum atomic E-state index is 11.8. The van der Waals surface area contributed by atoms with E-state index in [-0.39, 0.29) is 11.3 Å². The van der Waals surface area contributed by atoms with E-state index in [1.54, 1.807) is 6.20 Å². The number of carbonyl (C=O) groups excluding carboxylic acids is 1. The number of rotatable bonds is 4. The molecule has 4 N–H and O–H groups in total. The topological polar surface area (TPSA) is 83.8 Å². The Hall–Kier alpha value is -1.36. The van der Waals surface area contributed by atoms with Crippen LogP contribution in [0.15, 0.2) is 12.3 Å². The molecule has 1 fully saturated rings. The van der Waals surface area contributed by atoms with Gasteiger partial charge in [0.1, 0.15) is 0 Å². The lowest BCUT2D eigenvalue weighted by Gasteiger charge is -2.39. The molecule has 0 bridgehead atoms. The van der Waals surface area contributed by atoms with Crippen LogP contribution in [0, 0.1) is 5.41 Å². The van der Waals surface area contributed by atoms with Crippen LogP contribution in [-0.4, -0.2) is 22.6 Å². The van der Waals surface area contributed by atoms with Crippen LogP contribution in [0.3, 0.4) is 0 Å². The van der Waals surface area contributed by atoms with Crippen molar-refractivity contribution in [3.8, 4) is 0 Å². The molecule has 15 heavy (non-hydrogen) atoms. The second kappa shape index (κ2) is 4.02. The standard InChI is InChI=1S/C10H16N4O/c11-7-10(3-1-4-10)9(15)12-6-8-2-5-13-14-8/h2,5H,1,3-4,6-7,11H2,(H,12,15)(H,13,14). The molecule has 1 aromatic rings. The van der Waals surface area contributed by atoms with Gasteiger partial charge < -0.3 is 11.1 Å². The summed E-state index contributed by atoms with van der Waals surface area (Å²) in [5, 5.41) is 9.51. The molecule has 1 amide bonds. The first-order valence-corrected chi connectivity index (χ1v) is 5.23. The van der Waals surface area contributed by atoms with Gasteiger partial charge in [0.2, 0.25) is 5.91 Å². The average Bonchev–Trinajstić information content (AvgIpc) is 2.66. The molecule has 0 aliphatic heterocycles. The SMILES string of the molecule is NCC1(C(=O)NCc2ccn[nH]2)CCC1. The smallest absolute Gasteiger partial charge is 0.227 e. The van der Waals surface area contributed by atoms with Crippen molar-refractivity contribution in [1.82, 2.24) is 15.5 Å². The number of aromatic amines is 1. The molecule has 1 saturated carbocycles. The predicted octanol–water partition coefficient (Wildman–Crippen LogP) is 0.155. The fourth-order valence-electron chi connectivity index (χ4n) is 1.87. The minimum Gasteiger partial charge on any atom is -0.350 e. The van der Waals surface area contributed by atoms with E-state index >= 15 is 0 Å². The van der Waals surface area contributed by atoms with Gasteiger partial charge in [0.15, 0.2) is 0 Å². The van der Waals surface area contributed by atoms with E-state index in [2.05, 4.69) is 15.5 Å². The van der Waals surface area contributed by atoms with Crippen molar-refractivity contribution in [1.29, 1.82) is 0 Å². The van der Waals surface area contributed by atoms with Crippen molar-refractivity contribution < 1.29 is 4.79 Å². The van der Waals surface area contributed by atoms with Crippen LogP contribution in [0.25, 0.3) is 0 Å². The van der Waals surface area contributed by atoms with Crippen LogP contribution in [-0.2, 0) is 11.3 Å². The molecular weight excluding hydrogens is 192 g/mol. The lowest BCUT2D eigenvalue weighted by atomic mass is 9.68. The van der Waals surface area contributed by atoms with Crippen molar-refractivity contribution in [2.24, 2.45) is 11.1 Å². The van der Waals surface area contributed by atoms with Gasteiger partial charge >= 0.3 is 0 Å². The zero-order valence-corrected chi connectivity index (χ0v) is 8.62. The number of nitrogens with one attached hydrogen (secondary N) is 2. The van der Waals surface area contributed by atoms with E-state index in [1.165, 1.54) is 0 Å². The Balaban J connectivity index is 1.87. The highest BCUT2D eigenvalue weighted by atomic mass is 16.2. The molecular formula is C10H16N4O. The van der Waals surface area contributed by atoms with Crippen molar-refractivity contribution in [3.05, 3.63) is 18.0 Å². The molecule has 1 heterocycles. The quantitative estimate of drug-likeness (QED) is 0.658. The summed E-state index contributed by atoms with van der Waals surface area (Å²) in [6, 6.07) is 1.84. The highest BCUT2D eigenvalue weighted by molar-refractivity contribution is 5.83. The summed E-state index contributed by atoms with van der Waals surface area (Å²) in [6.07, 6.45) is 4.61. The number of hydrogen-bond donors (Lipinski definition) is 3. The first kappa shape index (κ1) is 10.2. The zero-order chi connectivity index (χ0) is 10.7. The molecule has 0 radical (unpaired) electrons. The van der Waals surface area contributed by atoms with Gasteiger partial charge in [0, 0.05) is 12.7 Å². The normalized spacial score (nSPS) is 18.2. The summed E-state index contributed by atoms with van der Waals surface area (Å²) in [5.74, 6) is 0.0749. The van der Waals surface area contributed by atoms with E-state index in [0.717, 1.165) is 25.0 Å². The fourth-order valence-corrected chi connectivity index (χ4v) is 1.87. The Morgan fingerprint density at radius 3 is 2.93 bits per heavy atom. The molecule has 2 rings (SSSR count). The van der Waals surface area contributed by atoms with Gasteiger partial charge in [0.25, 0.3) is 0 Å². The molecule has 0 atom stereocenters. The van der Waals surface area contributed by atoms with E-state index in [0.29, 0.717) is 13.1 Å². The molecule has 5 heteroatoms. The molecule has 0 saturated heterocycles. The molecule has 0 spiro atoms. The van der Waals surface area contributed by atoms with Gasteiger partial charge in [-0.2, -0.15) is 5.10 Å². The van der Waals surface area contributed by atoms with Gasteiger partial charge in [-0.05, 0) is 18.9 Å². The van der Waals surface area contributed by atoms with Crippen molar-refractivity contribution in [2.45, 2.75) is 25.8 Å². The van der Waals surface area contributed by atoms with Gasteiger partial charge in [-0.25, -0.2) is 0 Å². The lowest BCUT2D eigenvalue weighted by molar-refractivity contribution is -0.135. The molecule has 0 unspecified atom stereocenters. The third-order valence-electron chi connectivity index (χ3n) is 3.18. The average molecular weight is 208 g/mol. The molecule has 0 aromatic carbocycles. The van der Waals surface area contributed by atoms with Crippen LogP contribution in [0.5, 0.6) is 0 Å². The van der Waals surface area contributed by atoms with Crippen LogP contribution in [0.2, 0.25) is 0 Å². The van der Waals surface area contributed by atoms with Gasteiger partial charge in [-0.15, -0.1) is 0 Å². The summed E-state index contributed by atoms with van der Waals surface area (Å²) in [4.78, 5) is 11.8. The number of nitrogens with zero attached hydrogens (tertiary/aromatic N) is 1. The fraction of sp³-hybridized carbons (Fsp3) is 0.600. The highest BCUT2D eigenvalue weighted by Crippen LogP contribution is 2.39. The maximum Gasteiger partial charge on any atom is 0.227 e. The Morgan fingerprint density at radius 2 is 2.47 bits per heavy atom. The minimum absolute atomic E-state index is 0.0749. The van der Waals surface area contributed by atoms with E-state index in [1.807, 2.05) is 6.07 Å². The van der Waals surface area contributed by atoms with Crippen molar-refractivity contribution >= 4 is 5.91 Å². The number of nitrogens with two attached hydrogens (primary N) is 1. The van der Waals surface area contributed by atoms with Gasteiger partial charge in [-0.1, -0.05) is 6.42 Å². The third-order valence-corrected chi connectivity index (χ3v) is 3.18. The Bertz CT molecular complexity index is 324. The third kappa shape index (κ3) is 1.87. The Morgan fingerprint density at radius 1 is 1.67 bits per heavy atom. The zero-order valence-electron chi connectivity index (χ0n) is 8.62. The number of amides is 1. The van der Waals surface area contributed by atoms with Crippen LogP contribution in [0.4, 0.5) is 0 Å². The van der Waals surface area contributed by atoms with Gasteiger partial charge in [0.05, 0.1) is 17.7 Å². The highest BCUT2D eigenvalue weighted by Gasteiger charge is 2.42. The first-order valence-electron chi connectivity index (χ1n) is 5.23. The predicted molar refractivity (Wildman–Crippen MR) is 55.8 cm³/mol. The largest absolute Gasteiger partial charge is 0.350 e. The monoisotopic (exact) mass is 208 g/mol. The molecule has 5 nitrogen and oxygen atoms in total. The van der Waals surface area contributed by atoms with Crippen LogP contribution < -0.4 is 11.1 Å². The molecule has 1 aliphatic rings. The molecule has 82 valence electrons. The van der Waals surface area contributed by atoms with E-state index < -0.39 is 0 Å². The van der Waals surface area contributed by atoms with Gasteiger partial charge in [-0.3, -0.25) is 9.89 Å². The number of carbonyl (C=O) groups is 1. The summed E-state index contributed by atoms with van der Waals surface area (Å²) in [6.45, 7) is 0.947. The molecule has 1 aromatic heterocycles. The second-order valence-electron chi connectivity index (χ2n) is 4.10. The minimum atomic E-state index is -0.292. The maximum absolute atomic E-state index is 11.8. The number of aromatic nitrogens is 2. The summed E-state index contributed by atoms with van der Waals surface area (Å²) < 4.78 is 0. The van der Waals surface area contributed by atoms with E-state index in [9.17, 15) is 4.79 Å². The summed E-state index contributed by atoms with van der Waals surface area (Å²) >= 11 is 0. The second-order valence-corrected chi connectivity index (χ2v) is 4.10.